The predicted molar refractivity (Wildman–Crippen MR) is 83.2 cm³/mol. The number of fused-ring (bicyclic) bond motifs is 1. The van der Waals surface area contributed by atoms with Crippen LogP contribution in [0.2, 0.25) is 0 Å². The molecule has 3 heterocycles. The third-order valence-corrected chi connectivity index (χ3v) is 4.44. The number of likely N-dealkylation sites (tertiary alicyclic amines) is 1. The number of nitrogens with zero attached hydrogens (tertiary/aromatic N) is 4. The van der Waals surface area contributed by atoms with Crippen LogP contribution in [0.1, 0.15) is 27.2 Å². The maximum atomic E-state index is 12.1. The number of nitro groups is 1. The first-order valence-corrected chi connectivity index (χ1v) is 7.82. The van der Waals surface area contributed by atoms with Gasteiger partial charge in [-0.1, -0.05) is 11.3 Å². The molecule has 1 aliphatic heterocycles. The van der Waals surface area contributed by atoms with Gasteiger partial charge in [-0.25, -0.2) is 0 Å². The second-order valence-electron chi connectivity index (χ2n) is 6.32. The third-order valence-electron chi connectivity index (χ3n) is 3.69. The smallest absolute Gasteiger partial charge is 0.358 e. The highest BCUT2D eigenvalue weighted by Crippen LogP contribution is 2.30. The van der Waals surface area contributed by atoms with E-state index < -0.39 is 4.92 Å². The average Bonchev–Trinajstić information content (AvgIpc) is 3.01. The van der Waals surface area contributed by atoms with Crippen molar-refractivity contribution in [2.24, 2.45) is 0 Å². The van der Waals surface area contributed by atoms with Crippen LogP contribution in [0.5, 0.6) is 0 Å². The van der Waals surface area contributed by atoms with Crippen LogP contribution in [0, 0.1) is 10.1 Å². The van der Waals surface area contributed by atoms with Gasteiger partial charge in [0.15, 0.2) is 0 Å². The molecule has 8 nitrogen and oxygen atoms in total. The molecular weight excluding hydrogens is 306 g/mol. The number of imidazole rings is 1. The van der Waals surface area contributed by atoms with E-state index in [0.717, 1.165) is 0 Å². The Bertz CT molecular complexity index is 745. The normalized spacial score (nSPS) is 19.1. The number of aromatic nitrogens is 2. The van der Waals surface area contributed by atoms with E-state index in [2.05, 4.69) is 10.3 Å². The molecule has 1 fully saturated rings. The van der Waals surface area contributed by atoms with E-state index in [1.165, 1.54) is 15.7 Å². The fraction of sp³-hybridized carbons (Fsp3) is 0.538. The number of anilines is 1. The summed E-state index contributed by atoms with van der Waals surface area (Å²) in [7, 11) is 0. The molecule has 118 valence electrons. The Kier molecular flexibility index (Phi) is 3.32. The van der Waals surface area contributed by atoms with Gasteiger partial charge in [0.05, 0.1) is 6.04 Å². The Hall–Kier alpha value is -2.16. The van der Waals surface area contributed by atoms with E-state index in [0.29, 0.717) is 17.9 Å². The molecule has 22 heavy (non-hydrogen) atoms. The Labute approximate surface area is 130 Å². The molecule has 0 spiro atoms. The van der Waals surface area contributed by atoms with Crippen LogP contribution >= 0.6 is 11.3 Å². The maximum absolute atomic E-state index is 12.1. The molecule has 0 radical (unpaired) electrons. The lowest BCUT2D eigenvalue weighted by atomic mass is 10.1. The summed E-state index contributed by atoms with van der Waals surface area (Å²) in [6, 6.07) is -0.171. The van der Waals surface area contributed by atoms with E-state index in [9.17, 15) is 14.9 Å². The predicted octanol–water partition coefficient (Wildman–Crippen LogP) is 2.12. The number of carbonyl (C=O) groups excluding carboxylic acids is 1. The van der Waals surface area contributed by atoms with Gasteiger partial charge >= 0.3 is 5.82 Å². The van der Waals surface area contributed by atoms with Crippen molar-refractivity contribution in [3.8, 4) is 0 Å². The molecule has 1 N–H and O–H groups in total. The van der Waals surface area contributed by atoms with Gasteiger partial charge in [-0.3, -0.25) is 4.79 Å². The number of nitrogens with one attached hydrogen (secondary N) is 1. The van der Waals surface area contributed by atoms with Gasteiger partial charge in [0.25, 0.3) is 4.96 Å². The minimum absolute atomic E-state index is 0.0497. The zero-order valence-corrected chi connectivity index (χ0v) is 13.4. The molecular formula is C13H17N5O3S. The zero-order valence-electron chi connectivity index (χ0n) is 12.6. The van der Waals surface area contributed by atoms with E-state index in [1.54, 1.807) is 16.5 Å². The van der Waals surface area contributed by atoms with Gasteiger partial charge < -0.3 is 20.3 Å². The summed E-state index contributed by atoms with van der Waals surface area (Å²) >= 11 is 1.33. The van der Waals surface area contributed by atoms with Crippen molar-refractivity contribution in [2.75, 3.05) is 11.9 Å². The van der Waals surface area contributed by atoms with Crippen LogP contribution in [-0.4, -0.2) is 43.2 Å². The van der Waals surface area contributed by atoms with E-state index >= 15 is 0 Å². The highest BCUT2D eigenvalue weighted by molar-refractivity contribution is 7.15. The molecule has 1 atom stereocenters. The lowest BCUT2D eigenvalue weighted by molar-refractivity contribution is -0.389. The summed E-state index contributed by atoms with van der Waals surface area (Å²) in [5, 5.41) is 16.1. The van der Waals surface area contributed by atoms with Gasteiger partial charge in [0.2, 0.25) is 11.7 Å². The molecule has 2 aromatic rings. The van der Waals surface area contributed by atoms with Crippen LogP contribution in [0.25, 0.3) is 4.96 Å². The Morgan fingerprint density at radius 2 is 2.23 bits per heavy atom. The first-order chi connectivity index (χ1) is 10.3. The van der Waals surface area contributed by atoms with Crippen molar-refractivity contribution in [2.45, 2.75) is 38.8 Å². The summed E-state index contributed by atoms with van der Waals surface area (Å²) in [5.41, 5.74) is -0.256. The Balaban J connectivity index is 1.85. The summed E-state index contributed by atoms with van der Waals surface area (Å²) in [6.45, 7) is 6.44. The molecule has 0 bridgehead atoms. The van der Waals surface area contributed by atoms with Gasteiger partial charge in [-0.05, 0) is 25.7 Å². The van der Waals surface area contributed by atoms with Crippen molar-refractivity contribution in [1.29, 1.82) is 0 Å². The molecule has 2 aromatic heterocycles. The zero-order chi connectivity index (χ0) is 16.1. The number of thiazole rings is 1. The second-order valence-corrected chi connectivity index (χ2v) is 7.19. The highest BCUT2D eigenvalue weighted by atomic mass is 32.1. The van der Waals surface area contributed by atoms with Crippen molar-refractivity contribution in [1.82, 2.24) is 14.3 Å². The molecule has 9 heteroatoms. The minimum Gasteiger partial charge on any atom is -0.358 e. The first-order valence-electron chi connectivity index (χ1n) is 6.94. The van der Waals surface area contributed by atoms with E-state index in [4.69, 9.17) is 0 Å². The molecule has 1 saturated heterocycles. The fourth-order valence-electron chi connectivity index (χ4n) is 2.69. The number of carbonyl (C=O) groups is 1. The summed E-state index contributed by atoms with van der Waals surface area (Å²) < 4.78 is 1.45. The molecule has 1 unspecified atom stereocenters. The number of hydrogen-bond donors (Lipinski definition) is 1. The van der Waals surface area contributed by atoms with Crippen molar-refractivity contribution in [3.05, 3.63) is 21.7 Å². The topological polar surface area (TPSA) is 92.8 Å². The molecule has 3 rings (SSSR count). The Morgan fingerprint density at radius 3 is 2.82 bits per heavy atom. The second kappa shape index (κ2) is 4.94. The molecule has 1 aliphatic rings. The van der Waals surface area contributed by atoms with Gasteiger partial charge in [-0.15, -0.1) is 0 Å². The SMILES string of the molecule is CC(C)(C)N1CC(Nc2nc3sccn3c2[N+](=O)[O-])CC1=O. The first kappa shape index (κ1) is 14.8. The van der Waals surface area contributed by atoms with Crippen LogP contribution < -0.4 is 5.32 Å². The summed E-state index contributed by atoms with van der Waals surface area (Å²) in [4.78, 5) is 29.5. The van der Waals surface area contributed by atoms with Gasteiger partial charge in [0, 0.05) is 23.9 Å². The van der Waals surface area contributed by atoms with Crippen LogP contribution in [0.3, 0.4) is 0 Å². The molecule has 0 aliphatic carbocycles. The quantitative estimate of drug-likeness (QED) is 0.690. The van der Waals surface area contributed by atoms with Crippen LogP contribution in [-0.2, 0) is 4.79 Å². The molecule has 0 saturated carbocycles. The molecule has 1 amide bonds. The Morgan fingerprint density at radius 1 is 1.50 bits per heavy atom. The average molecular weight is 323 g/mol. The van der Waals surface area contributed by atoms with E-state index in [1.807, 2.05) is 20.8 Å². The minimum atomic E-state index is -0.451. The highest BCUT2D eigenvalue weighted by Gasteiger charge is 2.37. The number of hydrogen-bond acceptors (Lipinski definition) is 6. The lowest BCUT2D eigenvalue weighted by Crippen LogP contribution is -2.43. The lowest BCUT2D eigenvalue weighted by Gasteiger charge is -2.32. The standard InChI is InChI=1S/C13H17N5O3S/c1-13(2,3)17-7-8(6-9(17)19)14-10-11(18(20)21)16-4-5-22-12(16)15-10/h4-5,8,14H,6-7H2,1-3H3. The van der Waals surface area contributed by atoms with Gasteiger partial charge in [0.1, 0.15) is 6.20 Å². The van der Waals surface area contributed by atoms with Crippen molar-refractivity contribution >= 4 is 33.8 Å². The number of amides is 1. The monoisotopic (exact) mass is 323 g/mol. The van der Waals surface area contributed by atoms with Crippen molar-refractivity contribution < 1.29 is 9.72 Å². The number of rotatable bonds is 3. The summed E-state index contributed by atoms with van der Waals surface area (Å²) in [5.74, 6) is 0.192. The van der Waals surface area contributed by atoms with E-state index in [-0.39, 0.29) is 29.1 Å². The largest absolute Gasteiger partial charge is 0.372 e. The molecule has 0 aromatic carbocycles. The van der Waals surface area contributed by atoms with Crippen LogP contribution in [0.4, 0.5) is 11.6 Å². The fourth-order valence-corrected chi connectivity index (χ4v) is 3.40. The summed E-state index contributed by atoms with van der Waals surface area (Å²) in [6.07, 6.45) is 1.94. The van der Waals surface area contributed by atoms with Crippen LogP contribution in [0.15, 0.2) is 11.6 Å². The maximum Gasteiger partial charge on any atom is 0.372 e. The van der Waals surface area contributed by atoms with Crippen molar-refractivity contribution in [3.63, 3.8) is 0 Å². The third kappa shape index (κ3) is 2.41. The van der Waals surface area contributed by atoms with Gasteiger partial charge in [-0.2, -0.15) is 9.38 Å².